The number of rotatable bonds is 6. The van der Waals surface area contributed by atoms with Crippen molar-refractivity contribution in [1.29, 1.82) is 0 Å². The van der Waals surface area contributed by atoms with Crippen molar-refractivity contribution in [2.75, 3.05) is 11.5 Å². The van der Waals surface area contributed by atoms with E-state index in [0.717, 1.165) is 17.4 Å². The van der Waals surface area contributed by atoms with Crippen LogP contribution in [-0.2, 0) is 4.79 Å². The first-order chi connectivity index (χ1) is 5.29. The van der Waals surface area contributed by atoms with Crippen LogP contribution in [0.5, 0.6) is 0 Å². The van der Waals surface area contributed by atoms with Crippen LogP contribution in [0.15, 0.2) is 0 Å². The molecule has 0 atom stereocenters. The largest absolute Gasteiger partial charge is 0.481 e. The van der Waals surface area contributed by atoms with Gasteiger partial charge in [-0.05, 0) is 18.1 Å². The molecule has 0 aromatic carbocycles. The summed E-state index contributed by atoms with van der Waals surface area (Å²) in [5.74, 6) is 2.23. The van der Waals surface area contributed by atoms with Gasteiger partial charge in [-0.2, -0.15) is 11.8 Å². The van der Waals surface area contributed by atoms with Crippen LogP contribution in [-0.4, -0.2) is 22.6 Å². The van der Waals surface area contributed by atoms with Crippen molar-refractivity contribution >= 4 is 17.7 Å². The second-order valence-corrected chi connectivity index (χ2v) is 4.21. The first-order valence-corrected chi connectivity index (χ1v) is 5.24. The molecule has 1 aliphatic carbocycles. The number of aliphatic carboxylic acids is 1. The highest BCUT2D eigenvalue weighted by molar-refractivity contribution is 7.99. The van der Waals surface area contributed by atoms with Crippen LogP contribution in [0.25, 0.3) is 0 Å². The Morgan fingerprint density at radius 2 is 2.18 bits per heavy atom. The highest BCUT2D eigenvalue weighted by Gasteiger charge is 2.19. The van der Waals surface area contributed by atoms with Gasteiger partial charge in [0.1, 0.15) is 0 Å². The minimum atomic E-state index is -0.677. The van der Waals surface area contributed by atoms with Crippen LogP contribution in [0.4, 0.5) is 0 Å². The third-order valence-electron chi connectivity index (χ3n) is 1.83. The summed E-state index contributed by atoms with van der Waals surface area (Å²) in [6.45, 7) is 0. The Balaban J connectivity index is 1.76. The van der Waals surface area contributed by atoms with Crippen molar-refractivity contribution in [2.45, 2.75) is 25.7 Å². The monoisotopic (exact) mass is 174 g/mol. The maximum absolute atomic E-state index is 10.1. The molecule has 0 aromatic heterocycles. The lowest BCUT2D eigenvalue weighted by molar-refractivity contribution is -0.136. The van der Waals surface area contributed by atoms with Crippen LogP contribution in [0.3, 0.4) is 0 Å². The predicted octanol–water partition coefficient (Wildman–Crippen LogP) is 1.99. The van der Waals surface area contributed by atoms with Crippen molar-refractivity contribution < 1.29 is 9.90 Å². The lowest BCUT2D eigenvalue weighted by Gasteiger charge is -1.96. The molecule has 0 bridgehead atoms. The van der Waals surface area contributed by atoms with Crippen molar-refractivity contribution in [3.8, 4) is 0 Å². The van der Waals surface area contributed by atoms with Crippen molar-refractivity contribution in [1.82, 2.24) is 0 Å². The zero-order chi connectivity index (χ0) is 8.10. The normalized spacial score (nSPS) is 16.7. The van der Waals surface area contributed by atoms with Gasteiger partial charge >= 0.3 is 5.97 Å². The Morgan fingerprint density at radius 3 is 2.73 bits per heavy atom. The third-order valence-corrected chi connectivity index (χ3v) is 2.84. The molecule has 0 unspecified atom stereocenters. The summed E-state index contributed by atoms with van der Waals surface area (Å²) in [5, 5.41) is 8.32. The zero-order valence-corrected chi connectivity index (χ0v) is 7.40. The lowest BCUT2D eigenvalue weighted by Crippen LogP contribution is -1.96. The number of carboxylic acid groups (broad SMARTS) is 1. The summed E-state index contributed by atoms with van der Waals surface area (Å²) in [5.41, 5.74) is 0. The molecular formula is C8H14O2S. The van der Waals surface area contributed by atoms with Gasteiger partial charge in [0.15, 0.2) is 0 Å². The molecule has 0 saturated heterocycles. The summed E-state index contributed by atoms with van der Waals surface area (Å²) in [6, 6.07) is 0. The van der Waals surface area contributed by atoms with Gasteiger partial charge in [-0.25, -0.2) is 0 Å². The Bertz CT molecular complexity index is 132. The molecule has 0 spiro atoms. The molecule has 1 aliphatic rings. The van der Waals surface area contributed by atoms with Crippen molar-refractivity contribution in [3.05, 3.63) is 0 Å². The van der Waals surface area contributed by atoms with E-state index in [1.165, 1.54) is 19.3 Å². The smallest absolute Gasteiger partial charge is 0.304 e. The van der Waals surface area contributed by atoms with Crippen molar-refractivity contribution in [2.24, 2.45) is 5.92 Å². The summed E-state index contributed by atoms with van der Waals surface area (Å²) in [6.07, 6.45) is 4.42. The maximum atomic E-state index is 10.1. The summed E-state index contributed by atoms with van der Waals surface area (Å²) >= 11 is 1.77. The predicted molar refractivity (Wildman–Crippen MR) is 46.9 cm³/mol. The summed E-state index contributed by atoms with van der Waals surface area (Å²) in [4.78, 5) is 10.1. The highest BCUT2D eigenvalue weighted by Crippen LogP contribution is 2.33. The minimum Gasteiger partial charge on any atom is -0.481 e. The molecule has 1 fully saturated rings. The number of hydrogen-bond donors (Lipinski definition) is 1. The van der Waals surface area contributed by atoms with E-state index in [1.54, 1.807) is 11.8 Å². The average Bonchev–Trinajstić information content (AvgIpc) is 2.70. The van der Waals surface area contributed by atoms with Gasteiger partial charge in [0.25, 0.3) is 0 Å². The summed E-state index contributed by atoms with van der Waals surface area (Å²) in [7, 11) is 0. The molecule has 3 heteroatoms. The fraction of sp³-hybridized carbons (Fsp3) is 0.875. The fourth-order valence-electron chi connectivity index (χ4n) is 0.918. The molecule has 0 amide bonds. The third kappa shape index (κ3) is 5.13. The zero-order valence-electron chi connectivity index (χ0n) is 6.58. The van der Waals surface area contributed by atoms with E-state index >= 15 is 0 Å². The van der Waals surface area contributed by atoms with E-state index in [9.17, 15) is 4.79 Å². The Labute approximate surface area is 71.4 Å². The molecule has 1 rings (SSSR count). The second-order valence-electron chi connectivity index (χ2n) is 2.99. The number of thioether (sulfide) groups is 1. The van der Waals surface area contributed by atoms with Crippen LogP contribution in [0.1, 0.15) is 25.7 Å². The summed E-state index contributed by atoms with van der Waals surface area (Å²) < 4.78 is 0. The van der Waals surface area contributed by atoms with E-state index in [1.807, 2.05) is 0 Å². The first kappa shape index (κ1) is 8.91. The van der Waals surface area contributed by atoms with E-state index in [-0.39, 0.29) is 0 Å². The maximum Gasteiger partial charge on any atom is 0.304 e. The van der Waals surface area contributed by atoms with Gasteiger partial charge in [0, 0.05) is 5.75 Å². The molecule has 64 valence electrons. The standard InChI is InChI=1S/C8H14O2S/c9-8(10)4-6-11-5-3-7-1-2-7/h7H,1-6H2,(H,9,10). The van der Waals surface area contributed by atoms with Gasteiger partial charge in [0.05, 0.1) is 6.42 Å². The fourth-order valence-corrected chi connectivity index (χ4v) is 1.94. The number of hydrogen-bond acceptors (Lipinski definition) is 2. The topological polar surface area (TPSA) is 37.3 Å². The molecule has 1 N–H and O–H groups in total. The Kier molecular flexibility index (Phi) is 3.77. The van der Waals surface area contributed by atoms with E-state index in [2.05, 4.69) is 0 Å². The quantitative estimate of drug-likeness (QED) is 0.626. The van der Waals surface area contributed by atoms with E-state index < -0.39 is 5.97 Å². The lowest BCUT2D eigenvalue weighted by atomic mass is 10.3. The van der Waals surface area contributed by atoms with Gasteiger partial charge in [-0.1, -0.05) is 12.8 Å². The average molecular weight is 174 g/mol. The molecule has 0 aliphatic heterocycles. The Hall–Kier alpha value is -0.180. The number of carbonyl (C=O) groups is 1. The van der Waals surface area contributed by atoms with Gasteiger partial charge in [-0.3, -0.25) is 4.79 Å². The van der Waals surface area contributed by atoms with E-state index in [0.29, 0.717) is 6.42 Å². The van der Waals surface area contributed by atoms with Crippen LogP contribution >= 0.6 is 11.8 Å². The van der Waals surface area contributed by atoms with Gasteiger partial charge in [-0.15, -0.1) is 0 Å². The molecule has 0 radical (unpaired) electrons. The number of carboxylic acids is 1. The van der Waals surface area contributed by atoms with Crippen LogP contribution in [0.2, 0.25) is 0 Å². The Morgan fingerprint density at radius 1 is 1.45 bits per heavy atom. The SMILES string of the molecule is O=C(O)CCSCCC1CC1. The second kappa shape index (κ2) is 4.65. The van der Waals surface area contributed by atoms with Gasteiger partial charge < -0.3 is 5.11 Å². The molecule has 1 saturated carbocycles. The van der Waals surface area contributed by atoms with Gasteiger partial charge in [0.2, 0.25) is 0 Å². The van der Waals surface area contributed by atoms with Crippen LogP contribution < -0.4 is 0 Å². The molecule has 0 heterocycles. The first-order valence-electron chi connectivity index (χ1n) is 4.08. The van der Waals surface area contributed by atoms with Crippen LogP contribution in [0, 0.1) is 5.92 Å². The molecule has 0 aromatic rings. The minimum absolute atomic E-state index is 0.315. The molecule has 2 nitrogen and oxygen atoms in total. The van der Waals surface area contributed by atoms with E-state index in [4.69, 9.17) is 5.11 Å². The molecular weight excluding hydrogens is 160 g/mol. The van der Waals surface area contributed by atoms with Crippen molar-refractivity contribution in [3.63, 3.8) is 0 Å². The highest BCUT2D eigenvalue weighted by atomic mass is 32.2. The molecule has 11 heavy (non-hydrogen) atoms.